The Hall–Kier alpha value is -3.35. The van der Waals surface area contributed by atoms with Crippen LogP contribution >= 0.6 is 0 Å². The Balaban J connectivity index is 1.93. The van der Waals surface area contributed by atoms with Crippen LogP contribution in [0.5, 0.6) is 11.5 Å². The van der Waals surface area contributed by atoms with Gasteiger partial charge in [0.05, 0.1) is 19.9 Å². The fraction of sp³-hybridized carbons (Fsp3) is 0.250. The molecule has 0 fully saturated rings. The van der Waals surface area contributed by atoms with Gasteiger partial charge in [-0.2, -0.15) is 5.10 Å². The molecule has 0 atom stereocenters. The van der Waals surface area contributed by atoms with E-state index in [1.54, 1.807) is 43.5 Å². The van der Waals surface area contributed by atoms with Crippen LogP contribution in [-0.4, -0.2) is 31.7 Å². The van der Waals surface area contributed by atoms with Gasteiger partial charge in [0.15, 0.2) is 11.5 Å². The van der Waals surface area contributed by atoms with Gasteiger partial charge in [0.25, 0.3) is 0 Å². The maximum Gasteiger partial charge on any atom is 0.329 e. The summed E-state index contributed by atoms with van der Waals surface area (Å²) in [4.78, 5) is 23.7. The van der Waals surface area contributed by atoms with E-state index in [2.05, 4.69) is 15.8 Å². The molecule has 2 rings (SSSR count). The summed E-state index contributed by atoms with van der Waals surface area (Å²) in [6, 6.07) is 12.4. The van der Waals surface area contributed by atoms with Crippen molar-refractivity contribution in [3.63, 3.8) is 0 Å². The summed E-state index contributed by atoms with van der Waals surface area (Å²) in [6.07, 6.45) is 2.31. The fourth-order valence-electron chi connectivity index (χ4n) is 2.22. The molecule has 2 aromatic carbocycles. The zero-order valence-electron chi connectivity index (χ0n) is 15.6. The van der Waals surface area contributed by atoms with Crippen LogP contribution in [0.3, 0.4) is 0 Å². The van der Waals surface area contributed by atoms with E-state index < -0.39 is 11.8 Å². The van der Waals surface area contributed by atoms with Gasteiger partial charge in [0, 0.05) is 5.69 Å². The standard InChI is InChI=1S/C20H23N3O4/c1-4-10-27-17-9-8-15(12-18(17)26-3)13-21-23-20(25)19(24)22-16-7-5-6-14(2)11-16/h5-9,11-13H,4,10H2,1-3H3,(H,22,24)(H,23,25)/b21-13-. The number of rotatable bonds is 7. The molecule has 0 saturated carbocycles. The normalized spacial score (nSPS) is 10.5. The molecule has 7 heteroatoms. The van der Waals surface area contributed by atoms with Crippen molar-refractivity contribution in [3.05, 3.63) is 53.6 Å². The highest BCUT2D eigenvalue weighted by Gasteiger charge is 2.12. The Labute approximate surface area is 158 Å². The minimum Gasteiger partial charge on any atom is -0.493 e. The van der Waals surface area contributed by atoms with Crippen molar-refractivity contribution in [3.8, 4) is 11.5 Å². The molecule has 2 amide bonds. The van der Waals surface area contributed by atoms with Gasteiger partial charge in [-0.15, -0.1) is 0 Å². The van der Waals surface area contributed by atoms with Crippen molar-refractivity contribution in [1.82, 2.24) is 5.43 Å². The molecule has 0 bridgehead atoms. The molecule has 0 spiro atoms. The predicted octanol–water partition coefficient (Wildman–Crippen LogP) is 2.88. The lowest BCUT2D eigenvalue weighted by Crippen LogP contribution is -2.32. The quantitative estimate of drug-likeness (QED) is 0.446. The van der Waals surface area contributed by atoms with Crippen molar-refractivity contribution in [2.45, 2.75) is 20.3 Å². The van der Waals surface area contributed by atoms with Crippen LogP contribution in [0.15, 0.2) is 47.6 Å². The number of amides is 2. The molecule has 27 heavy (non-hydrogen) atoms. The number of methoxy groups -OCH3 is 1. The number of aryl methyl sites for hydroxylation is 1. The van der Waals surface area contributed by atoms with Crippen molar-refractivity contribution in [2.75, 3.05) is 19.0 Å². The molecule has 0 heterocycles. The van der Waals surface area contributed by atoms with Gasteiger partial charge < -0.3 is 14.8 Å². The van der Waals surface area contributed by atoms with Gasteiger partial charge in [0.2, 0.25) is 0 Å². The highest BCUT2D eigenvalue weighted by atomic mass is 16.5. The van der Waals surface area contributed by atoms with Crippen LogP contribution < -0.4 is 20.2 Å². The van der Waals surface area contributed by atoms with Gasteiger partial charge in [-0.1, -0.05) is 19.1 Å². The number of hydrogen-bond donors (Lipinski definition) is 2. The summed E-state index contributed by atoms with van der Waals surface area (Å²) >= 11 is 0. The molecule has 142 valence electrons. The molecule has 2 N–H and O–H groups in total. The van der Waals surface area contributed by atoms with E-state index in [9.17, 15) is 9.59 Å². The van der Waals surface area contributed by atoms with Crippen molar-refractivity contribution < 1.29 is 19.1 Å². The SMILES string of the molecule is CCCOc1ccc(/C=N\NC(=O)C(=O)Nc2cccc(C)c2)cc1OC. The first-order valence-electron chi connectivity index (χ1n) is 8.55. The summed E-state index contributed by atoms with van der Waals surface area (Å²) in [5.41, 5.74) is 4.41. The monoisotopic (exact) mass is 369 g/mol. The maximum atomic E-state index is 11.9. The molecule has 2 aromatic rings. The summed E-state index contributed by atoms with van der Waals surface area (Å²) in [5, 5.41) is 6.32. The maximum absolute atomic E-state index is 11.9. The molecule has 0 aliphatic rings. The average Bonchev–Trinajstić information content (AvgIpc) is 2.66. The molecular weight excluding hydrogens is 346 g/mol. The summed E-state index contributed by atoms with van der Waals surface area (Å²) in [5.74, 6) is -0.449. The Morgan fingerprint density at radius 2 is 1.93 bits per heavy atom. The smallest absolute Gasteiger partial charge is 0.329 e. The van der Waals surface area contributed by atoms with Gasteiger partial charge in [-0.05, 0) is 54.8 Å². The molecule has 0 aliphatic carbocycles. The highest BCUT2D eigenvalue weighted by molar-refractivity contribution is 6.39. The van der Waals surface area contributed by atoms with Gasteiger partial charge in [0.1, 0.15) is 0 Å². The van der Waals surface area contributed by atoms with E-state index in [1.807, 2.05) is 19.9 Å². The van der Waals surface area contributed by atoms with Crippen LogP contribution in [-0.2, 0) is 9.59 Å². The lowest BCUT2D eigenvalue weighted by atomic mass is 10.2. The number of carbonyl (C=O) groups excluding carboxylic acids is 2. The number of carbonyl (C=O) groups is 2. The predicted molar refractivity (Wildman–Crippen MR) is 104 cm³/mol. The van der Waals surface area contributed by atoms with E-state index in [4.69, 9.17) is 9.47 Å². The number of hydrazone groups is 1. The zero-order valence-corrected chi connectivity index (χ0v) is 15.6. The van der Waals surface area contributed by atoms with Crippen LogP contribution in [0, 0.1) is 6.92 Å². The Morgan fingerprint density at radius 1 is 1.11 bits per heavy atom. The molecular formula is C20H23N3O4. The molecule has 0 unspecified atom stereocenters. The van der Waals surface area contributed by atoms with E-state index >= 15 is 0 Å². The summed E-state index contributed by atoms with van der Waals surface area (Å²) in [6.45, 7) is 4.51. The molecule has 0 aromatic heterocycles. The highest BCUT2D eigenvalue weighted by Crippen LogP contribution is 2.27. The number of nitrogens with one attached hydrogen (secondary N) is 2. The van der Waals surface area contributed by atoms with Crippen molar-refractivity contribution >= 4 is 23.7 Å². The second kappa shape index (κ2) is 9.96. The summed E-state index contributed by atoms with van der Waals surface area (Å²) < 4.78 is 10.9. The third kappa shape index (κ3) is 6.14. The number of ether oxygens (including phenoxy) is 2. The first kappa shape index (κ1) is 20.0. The lowest BCUT2D eigenvalue weighted by Gasteiger charge is -2.10. The molecule has 7 nitrogen and oxygen atoms in total. The van der Waals surface area contributed by atoms with Crippen LogP contribution in [0.4, 0.5) is 5.69 Å². The van der Waals surface area contributed by atoms with E-state index in [0.29, 0.717) is 29.4 Å². The summed E-state index contributed by atoms with van der Waals surface area (Å²) in [7, 11) is 1.55. The first-order valence-corrected chi connectivity index (χ1v) is 8.55. The minimum absolute atomic E-state index is 0.548. The number of nitrogens with zero attached hydrogens (tertiary/aromatic N) is 1. The fourth-order valence-corrected chi connectivity index (χ4v) is 2.22. The number of hydrogen-bond acceptors (Lipinski definition) is 5. The second-order valence-corrected chi connectivity index (χ2v) is 5.78. The van der Waals surface area contributed by atoms with Crippen LogP contribution in [0.2, 0.25) is 0 Å². The van der Waals surface area contributed by atoms with E-state index in [0.717, 1.165) is 12.0 Å². The Kier molecular flexibility index (Phi) is 7.37. The van der Waals surface area contributed by atoms with Gasteiger partial charge >= 0.3 is 11.8 Å². The lowest BCUT2D eigenvalue weighted by molar-refractivity contribution is -0.136. The third-order valence-electron chi connectivity index (χ3n) is 3.51. The van der Waals surface area contributed by atoms with Crippen molar-refractivity contribution in [2.24, 2.45) is 5.10 Å². The van der Waals surface area contributed by atoms with Crippen LogP contribution in [0.25, 0.3) is 0 Å². The zero-order chi connectivity index (χ0) is 19.6. The minimum atomic E-state index is -0.859. The average molecular weight is 369 g/mol. The van der Waals surface area contributed by atoms with Crippen LogP contribution in [0.1, 0.15) is 24.5 Å². The molecule has 0 radical (unpaired) electrons. The van der Waals surface area contributed by atoms with Gasteiger partial charge in [-0.3, -0.25) is 9.59 Å². The largest absolute Gasteiger partial charge is 0.493 e. The number of anilines is 1. The molecule has 0 aliphatic heterocycles. The Bertz CT molecular complexity index is 834. The van der Waals surface area contributed by atoms with Gasteiger partial charge in [-0.25, -0.2) is 5.43 Å². The van der Waals surface area contributed by atoms with E-state index in [1.165, 1.54) is 6.21 Å². The Morgan fingerprint density at radius 3 is 2.63 bits per heavy atom. The first-order chi connectivity index (χ1) is 13.0. The second-order valence-electron chi connectivity index (χ2n) is 5.78. The third-order valence-corrected chi connectivity index (χ3v) is 3.51. The van der Waals surface area contributed by atoms with Crippen molar-refractivity contribution in [1.29, 1.82) is 0 Å². The van der Waals surface area contributed by atoms with E-state index in [-0.39, 0.29) is 0 Å². The molecule has 0 saturated heterocycles. The topological polar surface area (TPSA) is 89.0 Å². The number of benzene rings is 2.